The second-order valence-electron chi connectivity index (χ2n) is 4.45. The predicted octanol–water partition coefficient (Wildman–Crippen LogP) is 4.65. The molecule has 1 atom stereocenters. The molecule has 0 fully saturated rings. The van der Waals surface area contributed by atoms with Crippen molar-refractivity contribution in [3.8, 4) is 0 Å². The van der Waals surface area contributed by atoms with Crippen LogP contribution in [0, 0.1) is 6.92 Å². The molecule has 20 heavy (non-hydrogen) atoms. The van der Waals surface area contributed by atoms with Gasteiger partial charge in [-0.05, 0) is 36.8 Å². The van der Waals surface area contributed by atoms with Crippen LogP contribution in [0.5, 0.6) is 0 Å². The molecule has 3 nitrogen and oxygen atoms in total. The lowest BCUT2D eigenvalue weighted by Crippen LogP contribution is -2.20. The fourth-order valence-corrected chi connectivity index (χ4v) is 2.74. The first-order valence-electron chi connectivity index (χ1n) is 5.98. The third kappa shape index (κ3) is 3.52. The van der Waals surface area contributed by atoms with E-state index in [4.69, 9.17) is 11.6 Å². The zero-order valence-corrected chi connectivity index (χ0v) is 13.1. The Labute approximate surface area is 130 Å². The number of benzene rings is 2. The Bertz CT molecular complexity index is 628. The highest BCUT2D eigenvalue weighted by Gasteiger charge is 2.22. The number of rotatable bonds is 4. The lowest BCUT2D eigenvalue weighted by molar-refractivity contribution is -0.138. The number of carbonyl (C=O) groups is 1. The van der Waals surface area contributed by atoms with E-state index in [0.29, 0.717) is 15.1 Å². The van der Waals surface area contributed by atoms with Gasteiger partial charge in [-0.1, -0.05) is 51.3 Å². The zero-order valence-electron chi connectivity index (χ0n) is 10.7. The molecule has 2 aromatic rings. The topological polar surface area (TPSA) is 49.3 Å². The number of hydrogen-bond acceptors (Lipinski definition) is 2. The summed E-state index contributed by atoms with van der Waals surface area (Å²) in [4.78, 5) is 11.5. The molecule has 2 rings (SSSR count). The first-order valence-corrected chi connectivity index (χ1v) is 7.15. The van der Waals surface area contributed by atoms with Crippen LogP contribution < -0.4 is 5.32 Å². The van der Waals surface area contributed by atoms with E-state index in [1.54, 1.807) is 18.2 Å². The van der Waals surface area contributed by atoms with Crippen molar-refractivity contribution in [1.82, 2.24) is 0 Å². The molecule has 2 aromatic carbocycles. The second kappa shape index (κ2) is 6.29. The normalized spacial score (nSPS) is 11.9. The Balaban J connectivity index is 2.31. The van der Waals surface area contributed by atoms with Crippen LogP contribution in [0.3, 0.4) is 0 Å². The minimum absolute atomic E-state index is 0.556. The fourth-order valence-electron chi connectivity index (χ4n) is 1.82. The SMILES string of the molecule is Cc1ccc(NC(C(=O)O)c2ccc(Cl)cc2Br)cc1. The Morgan fingerprint density at radius 2 is 1.90 bits per heavy atom. The van der Waals surface area contributed by atoms with Crippen molar-refractivity contribution in [2.75, 3.05) is 5.32 Å². The van der Waals surface area contributed by atoms with Crippen molar-refractivity contribution in [2.45, 2.75) is 13.0 Å². The molecule has 0 aliphatic heterocycles. The minimum atomic E-state index is -0.950. The number of aliphatic carboxylic acids is 1. The van der Waals surface area contributed by atoms with Gasteiger partial charge in [0.15, 0.2) is 6.04 Å². The average Bonchev–Trinajstić information content (AvgIpc) is 2.39. The molecule has 0 saturated carbocycles. The third-order valence-corrected chi connectivity index (χ3v) is 3.80. The van der Waals surface area contributed by atoms with E-state index < -0.39 is 12.0 Å². The first kappa shape index (κ1) is 14.9. The van der Waals surface area contributed by atoms with Gasteiger partial charge in [0, 0.05) is 15.2 Å². The van der Waals surface area contributed by atoms with E-state index in [1.165, 1.54) is 0 Å². The molecule has 0 spiro atoms. The van der Waals surface area contributed by atoms with Crippen LogP contribution in [-0.4, -0.2) is 11.1 Å². The molecule has 0 bridgehead atoms. The summed E-state index contributed by atoms with van der Waals surface area (Å²) in [5.41, 5.74) is 2.50. The van der Waals surface area contributed by atoms with Gasteiger partial charge in [0.1, 0.15) is 0 Å². The predicted molar refractivity (Wildman–Crippen MR) is 84.3 cm³/mol. The van der Waals surface area contributed by atoms with Gasteiger partial charge >= 0.3 is 5.97 Å². The Hall–Kier alpha value is -1.52. The average molecular weight is 355 g/mol. The molecule has 2 N–H and O–H groups in total. The maximum atomic E-state index is 11.5. The number of nitrogens with one attached hydrogen (secondary N) is 1. The number of anilines is 1. The van der Waals surface area contributed by atoms with Crippen LogP contribution in [-0.2, 0) is 4.79 Å². The molecule has 1 unspecified atom stereocenters. The molecule has 0 aliphatic rings. The van der Waals surface area contributed by atoms with Gasteiger partial charge in [0.2, 0.25) is 0 Å². The maximum Gasteiger partial charge on any atom is 0.330 e. The lowest BCUT2D eigenvalue weighted by atomic mass is 10.1. The van der Waals surface area contributed by atoms with Crippen LogP contribution in [0.15, 0.2) is 46.9 Å². The van der Waals surface area contributed by atoms with Crippen LogP contribution in [0.4, 0.5) is 5.69 Å². The highest BCUT2D eigenvalue weighted by Crippen LogP contribution is 2.29. The summed E-state index contributed by atoms with van der Waals surface area (Å²) in [5.74, 6) is -0.950. The summed E-state index contributed by atoms with van der Waals surface area (Å²) >= 11 is 9.23. The van der Waals surface area contributed by atoms with Gasteiger partial charge in [0.05, 0.1) is 0 Å². The van der Waals surface area contributed by atoms with E-state index in [9.17, 15) is 9.90 Å². The highest BCUT2D eigenvalue weighted by atomic mass is 79.9. The van der Waals surface area contributed by atoms with Crippen molar-refractivity contribution in [3.05, 3.63) is 63.1 Å². The standard InChI is InChI=1S/C15H13BrClNO2/c1-9-2-5-11(6-3-9)18-14(15(19)20)12-7-4-10(17)8-13(12)16/h2-8,14,18H,1H3,(H,19,20). The van der Waals surface area contributed by atoms with Crippen LogP contribution in [0.1, 0.15) is 17.2 Å². The van der Waals surface area contributed by atoms with E-state index in [2.05, 4.69) is 21.2 Å². The van der Waals surface area contributed by atoms with Crippen molar-refractivity contribution < 1.29 is 9.90 Å². The van der Waals surface area contributed by atoms with Gasteiger partial charge < -0.3 is 10.4 Å². The Kier molecular flexibility index (Phi) is 4.68. The van der Waals surface area contributed by atoms with E-state index >= 15 is 0 Å². The minimum Gasteiger partial charge on any atom is -0.479 e. The Morgan fingerprint density at radius 1 is 1.25 bits per heavy atom. The lowest BCUT2D eigenvalue weighted by Gasteiger charge is -2.18. The summed E-state index contributed by atoms with van der Waals surface area (Å²) in [6, 6.07) is 11.8. The molecule has 0 radical (unpaired) electrons. The van der Waals surface area contributed by atoms with Gasteiger partial charge in [-0.3, -0.25) is 0 Å². The molecule has 0 heterocycles. The summed E-state index contributed by atoms with van der Waals surface area (Å²) in [6.45, 7) is 1.98. The van der Waals surface area contributed by atoms with Crippen molar-refractivity contribution in [1.29, 1.82) is 0 Å². The molecule has 0 saturated heterocycles. The number of carboxylic acid groups (broad SMARTS) is 1. The van der Waals surface area contributed by atoms with Gasteiger partial charge in [-0.25, -0.2) is 4.79 Å². The smallest absolute Gasteiger partial charge is 0.330 e. The molecule has 5 heteroatoms. The van der Waals surface area contributed by atoms with Gasteiger partial charge in [0.25, 0.3) is 0 Å². The fraction of sp³-hybridized carbons (Fsp3) is 0.133. The highest BCUT2D eigenvalue weighted by molar-refractivity contribution is 9.10. The quantitative estimate of drug-likeness (QED) is 0.840. The molecule has 0 aromatic heterocycles. The zero-order chi connectivity index (χ0) is 14.7. The molecule has 104 valence electrons. The number of hydrogen-bond donors (Lipinski definition) is 2. The maximum absolute atomic E-state index is 11.5. The summed E-state index contributed by atoms with van der Waals surface area (Å²) < 4.78 is 0.664. The summed E-state index contributed by atoms with van der Waals surface area (Å²) in [5, 5.41) is 13.0. The summed E-state index contributed by atoms with van der Waals surface area (Å²) in [6.07, 6.45) is 0. The van der Waals surface area contributed by atoms with Gasteiger partial charge in [-0.15, -0.1) is 0 Å². The number of aryl methyl sites for hydroxylation is 1. The molecule has 0 amide bonds. The van der Waals surface area contributed by atoms with Crippen LogP contribution in [0.25, 0.3) is 0 Å². The van der Waals surface area contributed by atoms with E-state index in [1.807, 2.05) is 31.2 Å². The largest absolute Gasteiger partial charge is 0.479 e. The van der Waals surface area contributed by atoms with Crippen molar-refractivity contribution in [3.63, 3.8) is 0 Å². The first-order chi connectivity index (χ1) is 9.47. The molecule has 0 aliphatic carbocycles. The second-order valence-corrected chi connectivity index (χ2v) is 5.74. The summed E-state index contributed by atoms with van der Waals surface area (Å²) in [7, 11) is 0. The van der Waals surface area contributed by atoms with E-state index in [-0.39, 0.29) is 0 Å². The third-order valence-electron chi connectivity index (χ3n) is 2.88. The van der Waals surface area contributed by atoms with Crippen molar-refractivity contribution >= 4 is 39.2 Å². The van der Waals surface area contributed by atoms with Crippen molar-refractivity contribution in [2.24, 2.45) is 0 Å². The number of halogens is 2. The Morgan fingerprint density at radius 3 is 2.45 bits per heavy atom. The van der Waals surface area contributed by atoms with Crippen LogP contribution >= 0.6 is 27.5 Å². The molecular weight excluding hydrogens is 342 g/mol. The van der Waals surface area contributed by atoms with E-state index in [0.717, 1.165) is 11.3 Å². The number of carboxylic acids is 1. The van der Waals surface area contributed by atoms with Crippen LogP contribution in [0.2, 0.25) is 5.02 Å². The monoisotopic (exact) mass is 353 g/mol. The van der Waals surface area contributed by atoms with Gasteiger partial charge in [-0.2, -0.15) is 0 Å². The molecular formula is C15H13BrClNO2.